The number of H-pyrrole nitrogens is 1. The average Bonchev–Trinajstić information content (AvgIpc) is 2.61. The molecule has 160 valence electrons. The van der Waals surface area contributed by atoms with Crippen LogP contribution in [0.4, 0.5) is 0 Å². The molecular weight excluding hydrogens is 383 g/mol. The number of hydrogen-bond acceptors (Lipinski definition) is 6. The quantitative estimate of drug-likeness (QED) is 0.675. The van der Waals surface area contributed by atoms with Crippen molar-refractivity contribution in [3.8, 4) is 0 Å². The molecule has 1 saturated heterocycles. The second kappa shape index (κ2) is 9.05. The third kappa shape index (κ3) is 5.02. The Kier molecular flexibility index (Phi) is 7.44. The Morgan fingerprint density at radius 1 is 1.29 bits per heavy atom. The second-order valence-electron chi connectivity index (χ2n) is 8.04. The van der Waals surface area contributed by atoms with Gasteiger partial charge < -0.3 is 9.26 Å². The van der Waals surface area contributed by atoms with E-state index in [-0.39, 0.29) is 24.4 Å². The van der Waals surface area contributed by atoms with E-state index < -0.39 is 25.0 Å². The van der Waals surface area contributed by atoms with E-state index in [0.717, 1.165) is 0 Å². The van der Waals surface area contributed by atoms with Crippen LogP contribution in [0.15, 0.2) is 15.8 Å². The Hall–Kier alpha value is -1.25. The second-order valence-corrected chi connectivity index (χ2v) is 11.3. The third-order valence-corrected chi connectivity index (χ3v) is 7.96. The lowest BCUT2D eigenvalue weighted by Gasteiger charge is -2.41. The highest BCUT2D eigenvalue weighted by molar-refractivity contribution is 7.57. The minimum atomic E-state index is -2.97. The van der Waals surface area contributed by atoms with E-state index in [9.17, 15) is 14.2 Å². The molecule has 2 rings (SSSR count). The molecule has 0 amide bonds. The van der Waals surface area contributed by atoms with E-state index in [1.165, 1.54) is 10.8 Å². The molecule has 0 bridgehead atoms. The molecule has 1 aliphatic heterocycles. The maximum Gasteiger partial charge on any atom is 0.330 e. The van der Waals surface area contributed by atoms with E-state index in [1.807, 2.05) is 13.8 Å². The number of aromatic nitrogens is 2. The standard InChI is InChI=1S/C18H33N4O5P/c1-12(2)21-9-15(11-26-28(25,13(3)4)20(6)7)27-16(10-21)22-8-14(5)17(23)19-18(22)24/h8,12-13,15-16H,9-11H2,1-7H3,(H,19,23,24). The molecule has 1 aromatic heterocycles. The van der Waals surface area contributed by atoms with Crippen molar-refractivity contribution < 1.29 is 13.8 Å². The van der Waals surface area contributed by atoms with Gasteiger partial charge in [-0.15, -0.1) is 0 Å². The molecule has 0 radical (unpaired) electrons. The van der Waals surface area contributed by atoms with Crippen molar-refractivity contribution in [3.05, 3.63) is 32.6 Å². The number of nitrogens with zero attached hydrogens (tertiary/aromatic N) is 3. The van der Waals surface area contributed by atoms with Crippen LogP contribution in [0.5, 0.6) is 0 Å². The lowest BCUT2D eigenvalue weighted by molar-refractivity contribution is -0.139. The average molecular weight is 416 g/mol. The van der Waals surface area contributed by atoms with Crippen molar-refractivity contribution in [1.29, 1.82) is 0 Å². The summed E-state index contributed by atoms with van der Waals surface area (Å²) in [5.74, 6) is 0. The van der Waals surface area contributed by atoms with Crippen molar-refractivity contribution in [2.45, 2.75) is 58.7 Å². The van der Waals surface area contributed by atoms with Gasteiger partial charge >= 0.3 is 5.69 Å². The highest BCUT2D eigenvalue weighted by Gasteiger charge is 2.35. The molecule has 0 saturated carbocycles. The number of nitrogens with one attached hydrogen (secondary N) is 1. The van der Waals surface area contributed by atoms with Crippen LogP contribution in [0, 0.1) is 6.92 Å². The summed E-state index contributed by atoms with van der Waals surface area (Å²) in [6, 6.07) is 0.235. The van der Waals surface area contributed by atoms with Crippen LogP contribution in [-0.4, -0.2) is 70.7 Å². The van der Waals surface area contributed by atoms with Crippen LogP contribution in [0.3, 0.4) is 0 Å². The molecule has 1 aromatic rings. The molecule has 3 atom stereocenters. The summed E-state index contributed by atoms with van der Waals surface area (Å²) >= 11 is 0. The van der Waals surface area contributed by atoms with E-state index in [4.69, 9.17) is 9.26 Å². The number of morpholine rings is 1. The van der Waals surface area contributed by atoms with Crippen LogP contribution in [-0.2, 0) is 13.8 Å². The van der Waals surface area contributed by atoms with E-state index in [1.54, 1.807) is 25.7 Å². The Labute approximate surface area is 166 Å². The molecule has 1 N–H and O–H groups in total. The summed E-state index contributed by atoms with van der Waals surface area (Å²) in [5.41, 5.74) is -0.615. The van der Waals surface area contributed by atoms with Crippen molar-refractivity contribution >= 4 is 7.52 Å². The predicted octanol–water partition coefficient (Wildman–Crippen LogP) is 1.63. The predicted molar refractivity (Wildman–Crippen MR) is 109 cm³/mol. The van der Waals surface area contributed by atoms with Crippen LogP contribution >= 0.6 is 7.52 Å². The van der Waals surface area contributed by atoms with Crippen LogP contribution in [0.25, 0.3) is 0 Å². The van der Waals surface area contributed by atoms with Crippen molar-refractivity contribution in [1.82, 2.24) is 19.1 Å². The summed E-state index contributed by atoms with van der Waals surface area (Å²) in [6.45, 7) is 10.8. The van der Waals surface area contributed by atoms with Crippen molar-refractivity contribution in [2.24, 2.45) is 0 Å². The summed E-state index contributed by atoms with van der Waals surface area (Å²) < 4.78 is 28.1. The number of ether oxygens (including phenoxy) is 1. The largest absolute Gasteiger partial charge is 0.350 e. The summed E-state index contributed by atoms with van der Waals surface area (Å²) in [5, 5.41) is 0. The van der Waals surface area contributed by atoms with E-state index in [0.29, 0.717) is 18.7 Å². The van der Waals surface area contributed by atoms with Gasteiger partial charge in [0.25, 0.3) is 13.1 Å². The fourth-order valence-electron chi connectivity index (χ4n) is 3.23. The van der Waals surface area contributed by atoms with Crippen LogP contribution in [0.1, 0.15) is 39.5 Å². The smallest absolute Gasteiger partial charge is 0.330 e. The zero-order chi connectivity index (χ0) is 21.2. The van der Waals surface area contributed by atoms with Crippen LogP contribution in [0.2, 0.25) is 0 Å². The highest BCUT2D eigenvalue weighted by atomic mass is 31.2. The Morgan fingerprint density at radius 2 is 1.93 bits per heavy atom. The SMILES string of the molecule is Cc1cn(C2CN(C(C)C)CC(COP(=O)(C(C)C)N(C)C)O2)c(=O)[nH]c1=O. The van der Waals surface area contributed by atoms with Gasteiger partial charge in [-0.3, -0.25) is 23.8 Å². The monoisotopic (exact) mass is 416 g/mol. The summed E-state index contributed by atoms with van der Waals surface area (Å²) in [7, 11) is 0.519. The molecule has 28 heavy (non-hydrogen) atoms. The third-order valence-electron chi connectivity index (χ3n) is 5.02. The first-order chi connectivity index (χ1) is 13.0. The number of hydrogen-bond donors (Lipinski definition) is 1. The maximum atomic E-state index is 13.1. The Balaban J connectivity index is 2.25. The Bertz CT molecular complexity index is 820. The van der Waals surface area contributed by atoms with Gasteiger partial charge in [0.1, 0.15) is 0 Å². The van der Waals surface area contributed by atoms with Crippen molar-refractivity contribution in [2.75, 3.05) is 33.8 Å². The fourth-order valence-corrected chi connectivity index (χ4v) is 5.06. The number of aromatic amines is 1. The summed E-state index contributed by atoms with van der Waals surface area (Å²) in [6.07, 6.45) is 0.602. The molecule has 0 aromatic carbocycles. The van der Waals surface area contributed by atoms with Gasteiger partial charge in [-0.25, -0.2) is 9.46 Å². The van der Waals surface area contributed by atoms with E-state index >= 15 is 0 Å². The van der Waals surface area contributed by atoms with Crippen LogP contribution < -0.4 is 11.2 Å². The summed E-state index contributed by atoms with van der Waals surface area (Å²) in [4.78, 5) is 28.5. The fraction of sp³-hybridized carbons (Fsp3) is 0.778. The zero-order valence-electron chi connectivity index (χ0n) is 17.8. The topological polar surface area (TPSA) is 96.9 Å². The molecule has 9 nitrogen and oxygen atoms in total. The van der Waals surface area contributed by atoms with Gasteiger partial charge in [-0.05, 0) is 34.9 Å². The first-order valence-electron chi connectivity index (χ1n) is 9.59. The maximum absolute atomic E-state index is 13.1. The van der Waals surface area contributed by atoms with Gasteiger partial charge in [0, 0.05) is 36.6 Å². The number of rotatable bonds is 7. The molecule has 1 fully saturated rings. The first kappa shape index (κ1) is 23.0. The molecule has 2 heterocycles. The molecular formula is C18H33N4O5P. The zero-order valence-corrected chi connectivity index (χ0v) is 18.7. The van der Waals surface area contributed by atoms with E-state index in [2.05, 4.69) is 23.7 Å². The normalized spacial score (nSPS) is 23.5. The minimum absolute atomic E-state index is 0.146. The minimum Gasteiger partial charge on any atom is -0.350 e. The lowest BCUT2D eigenvalue weighted by atomic mass is 10.2. The van der Waals surface area contributed by atoms with Gasteiger partial charge in [0.05, 0.1) is 12.7 Å². The van der Waals surface area contributed by atoms with Gasteiger partial charge in [0.2, 0.25) is 0 Å². The molecule has 1 aliphatic rings. The van der Waals surface area contributed by atoms with Gasteiger partial charge in [-0.1, -0.05) is 13.8 Å². The first-order valence-corrected chi connectivity index (χ1v) is 11.2. The van der Waals surface area contributed by atoms with Gasteiger partial charge in [-0.2, -0.15) is 0 Å². The molecule has 10 heteroatoms. The molecule has 0 spiro atoms. The highest BCUT2D eigenvalue weighted by Crippen LogP contribution is 2.53. The van der Waals surface area contributed by atoms with Crippen molar-refractivity contribution in [3.63, 3.8) is 0 Å². The molecule has 3 unspecified atom stereocenters. The lowest BCUT2D eigenvalue weighted by Crippen LogP contribution is -2.52. The number of aryl methyl sites for hydroxylation is 1. The molecule has 0 aliphatic carbocycles. The van der Waals surface area contributed by atoms with Gasteiger partial charge in [0.15, 0.2) is 6.23 Å². The Morgan fingerprint density at radius 3 is 2.46 bits per heavy atom.